The average molecular weight is 550 g/mol. The number of halogens is 2. The summed E-state index contributed by atoms with van der Waals surface area (Å²) in [5, 5.41) is 0. The van der Waals surface area contributed by atoms with Crippen LogP contribution >= 0.6 is 31.9 Å². The van der Waals surface area contributed by atoms with Gasteiger partial charge in [0.1, 0.15) is 0 Å². The fourth-order valence-corrected chi connectivity index (χ4v) is 7.01. The highest BCUT2D eigenvalue weighted by Gasteiger charge is 2.50. The molecule has 156 valence electrons. The first-order valence-corrected chi connectivity index (χ1v) is 12.7. The quantitative estimate of drug-likeness (QED) is 0.177. The lowest BCUT2D eigenvalue weighted by Crippen LogP contribution is -2.29. The van der Waals surface area contributed by atoms with Crippen molar-refractivity contribution >= 4 is 31.9 Å². The van der Waals surface area contributed by atoms with Gasteiger partial charge in [0.25, 0.3) is 0 Å². The summed E-state index contributed by atoms with van der Waals surface area (Å²) in [6, 6.07) is 40.2. The van der Waals surface area contributed by atoms with Crippen LogP contribution in [0.5, 0.6) is 0 Å². The molecule has 1 spiro atoms. The Morgan fingerprint density at radius 1 is 0.424 bits per heavy atom. The molecule has 5 aromatic rings. The second-order valence-corrected chi connectivity index (χ2v) is 10.5. The van der Waals surface area contributed by atoms with Crippen molar-refractivity contribution in [2.45, 2.75) is 5.41 Å². The van der Waals surface area contributed by atoms with Gasteiger partial charge < -0.3 is 0 Å². The highest BCUT2D eigenvalue weighted by atomic mass is 79.9. The molecule has 5 aromatic carbocycles. The summed E-state index contributed by atoms with van der Waals surface area (Å²) in [4.78, 5) is 0. The van der Waals surface area contributed by atoms with Gasteiger partial charge in [0.15, 0.2) is 0 Å². The van der Waals surface area contributed by atoms with Gasteiger partial charge in [-0.1, -0.05) is 123 Å². The van der Waals surface area contributed by atoms with Gasteiger partial charge in [-0.05, 0) is 68.3 Å². The molecule has 0 nitrogen and oxygen atoms in total. The van der Waals surface area contributed by atoms with Crippen molar-refractivity contribution in [1.29, 1.82) is 0 Å². The molecule has 0 heterocycles. The number of hydrogen-bond donors (Lipinski definition) is 0. The van der Waals surface area contributed by atoms with Crippen molar-refractivity contribution in [3.05, 3.63) is 140 Å². The Hall–Kier alpha value is -2.94. The van der Waals surface area contributed by atoms with E-state index in [1.54, 1.807) is 0 Å². The lowest BCUT2D eigenvalue weighted by atomic mass is 9.66. The third kappa shape index (κ3) is 2.46. The van der Waals surface area contributed by atoms with Crippen LogP contribution in [0.1, 0.15) is 22.3 Å². The third-order valence-corrected chi connectivity index (χ3v) is 8.40. The molecule has 2 aliphatic rings. The molecule has 33 heavy (non-hydrogen) atoms. The molecule has 1 unspecified atom stereocenters. The van der Waals surface area contributed by atoms with Crippen LogP contribution in [0.15, 0.2) is 118 Å². The fraction of sp³-hybridized carbons (Fsp3) is 0.0323. The lowest BCUT2D eigenvalue weighted by molar-refractivity contribution is 0.775. The molecule has 0 aromatic heterocycles. The van der Waals surface area contributed by atoms with Gasteiger partial charge in [0.05, 0.1) is 5.41 Å². The largest absolute Gasteiger partial charge is 0.0725 e. The SMILES string of the molecule is Brc1ccc2c(c1)-c1ccccc1-c1ccccc1C21c2ccccc2-c2c(Br)cccc21. The number of fused-ring (bicyclic) bond motifs is 12. The summed E-state index contributed by atoms with van der Waals surface area (Å²) in [5.74, 6) is 0. The summed E-state index contributed by atoms with van der Waals surface area (Å²) < 4.78 is 2.24. The molecule has 0 saturated carbocycles. The van der Waals surface area contributed by atoms with Gasteiger partial charge >= 0.3 is 0 Å². The first-order chi connectivity index (χ1) is 16.2. The minimum absolute atomic E-state index is 0.401. The minimum Gasteiger partial charge on any atom is -0.0619 e. The Balaban J connectivity index is 1.79. The average Bonchev–Trinajstić information content (AvgIpc) is 3.10. The van der Waals surface area contributed by atoms with E-state index in [0.29, 0.717) is 0 Å². The lowest BCUT2D eigenvalue weighted by Gasteiger charge is -2.35. The van der Waals surface area contributed by atoms with Crippen LogP contribution in [0.3, 0.4) is 0 Å². The molecule has 0 fully saturated rings. The Morgan fingerprint density at radius 3 is 1.73 bits per heavy atom. The van der Waals surface area contributed by atoms with E-state index in [1.807, 2.05) is 0 Å². The minimum atomic E-state index is -0.401. The summed E-state index contributed by atoms with van der Waals surface area (Å²) in [6.45, 7) is 0. The topological polar surface area (TPSA) is 0 Å². The zero-order chi connectivity index (χ0) is 22.2. The van der Waals surface area contributed by atoms with Crippen molar-refractivity contribution in [2.75, 3.05) is 0 Å². The van der Waals surface area contributed by atoms with E-state index in [0.717, 1.165) is 8.95 Å². The Morgan fingerprint density at radius 2 is 0.970 bits per heavy atom. The van der Waals surface area contributed by atoms with Crippen LogP contribution in [-0.4, -0.2) is 0 Å². The molecule has 2 heteroatoms. The Bertz CT molecular complexity index is 1600. The smallest absolute Gasteiger partial charge is 0.0619 e. The molecule has 7 rings (SSSR count). The number of hydrogen-bond acceptors (Lipinski definition) is 0. The monoisotopic (exact) mass is 548 g/mol. The molecule has 0 aliphatic heterocycles. The van der Waals surface area contributed by atoms with Crippen LogP contribution in [0.2, 0.25) is 0 Å². The molecule has 2 aliphatic carbocycles. The van der Waals surface area contributed by atoms with Crippen molar-refractivity contribution in [2.24, 2.45) is 0 Å². The maximum absolute atomic E-state index is 3.90. The van der Waals surface area contributed by atoms with E-state index in [-0.39, 0.29) is 0 Å². The van der Waals surface area contributed by atoms with Crippen LogP contribution in [0, 0.1) is 0 Å². The summed E-state index contributed by atoms with van der Waals surface area (Å²) >= 11 is 7.67. The van der Waals surface area contributed by atoms with E-state index >= 15 is 0 Å². The first-order valence-electron chi connectivity index (χ1n) is 11.1. The van der Waals surface area contributed by atoms with E-state index in [2.05, 4.69) is 141 Å². The van der Waals surface area contributed by atoms with Gasteiger partial charge in [0.2, 0.25) is 0 Å². The van der Waals surface area contributed by atoms with Crippen LogP contribution < -0.4 is 0 Å². The summed E-state index contributed by atoms with van der Waals surface area (Å²) in [5.41, 5.74) is 12.7. The van der Waals surface area contributed by atoms with E-state index in [4.69, 9.17) is 0 Å². The third-order valence-electron chi connectivity index (χ3n) is 7.24. The normalized spacial score (nSPS) is 16.9. The zero-order valence-corrected chi connectivity index (χ0v) is 20.8. The van der Waals surface area contributed by atoms with Crippen LogP contribution in [0.4, 0.5) is 0 Å². The van der Waals surface area contributed by atoms with Gasteiger partial charge in [-0.2, -0.15) is 0 Å². The van der Waals surface area contributed by atoms with E-state index in [9.17, 15) is 0 Å². The maximum Gasteiger partial charge on any atom is 0.0725 e. The highest BCUT2D eigenvalue weighted by molar-refractivity contribution is 9.10. The van der Waals surface area contributed by atoms with Crippen molar-refractivity contribution in [3.63, 3.8) is 0 Å². The first kappa shape index (κ1) is 19.5. The summed E-state index contributed by atoms with van der Waals surface area (Å²) in [6.07, 6.45) is 0. The second kappa shape index (κ2) is 7.03. The molecule has 0 amide bonds. The zero-order valence-electron chi connectivity index (χ0n) is 17.6. The van der Waals surface area contributed by atoms with Gasteiger partial charge in [-0.25, -0.2) is 0 Å². The predicted octanol–water partition coefficient (Wildman–Crippen LogP) is 9.22. The van der Waals surface area contributed by atoms with Gasteiger partial charge in [-0.3, -0.25) is 0 Å². The van der Waals surface area contributed by atoms with Crippen LogP contribution in [-0.2, 0) is 5.41 Å². The molecule has 0 bridgehead atoms. The van der Waals surface area contributed by atoms with E-state index in [1.165, 1.54) is 55.6 Å². The highest BCUT2D eigenvalue weighted by Crippen LogP contribution is 2.62. The maximum atomic E-state index is 3.90. The second-order valence-electron chi connectivity index (χ2n) is 8.74. The molecule has 1 atom stereocenters. The van der Waals surface area contributed by atoms with E-state index < -0.39 is 5.41 Å². The Labute approximate surface area is 210 Å². The van der Waals surface area contributed by atoms with Crippen LogP contribution in [0.25, 0.3) is 33.4 Å². The van der Waals surface area contributed by atoms with Crippen molar-refractivity contribution in [1.82, 2.24) is 0 Å². The molecule has 0 N–H and O–H groups in total. The molecule has 0 radical (unpaired) electrons. The number of benzene rings is 5. The van der Waals surface area contributed by atoms with Gasteiger partial charge in [0, 0.05) is 14.5 Å². The standard InChI is InChI=1S/C31H18Br2/c32-19-16-17-27-24(18-19)21-9-2-1-8-20(21)22-10-3-5-12-25(22)31(27)26-13-6-4-11-23(26)30-28(31)14-7-15-29(30)33/h1-18H. The Kier molecular flexibility index (Phi) is 4.16. The van der Waals surface area contributed by atoms with Gasteiger partial charge in [-0.15, -0.1) is 0 Å². The number of rotatable bonds is 0. The summed E-state index contributed by atoms with van der Waals surface area (Å²) in [7, 11) is 0. The molecular weight excluding hydrogens is 532 g/mol. The molecular formula is C31H18Br2. The van der Waals surface area contributed by atoms with Crippen molar-refractivity contribution < 1.29 is 0 Å². The predicted molar refractivity (Wildman–Crippen MR) is 144 cm³/mol. The fourth-order valence-electron chi connectivity index (χ4n) is 6.07. The molecule has 0 saturated heterocycles. The van der Waals surface area contributed by atoms with Crippen molar-refractivity contribution in [3.8, 4) is 33.4 Å².